The summed E-state index contributed by atoms with van der Waals surface area (Å²) in [6.07, 6.45) is 7.98. The highest BCUT2D eigenvalue weighted by Gasteiger charge is 2.41. The molecule has 16 heavy (non-hydrogen) atoms. The van der Waals surface area contributed by atoms with E-state index in [9.17, 15) is 0 Å². The van der Waals surface area contributed by atoms with Gasteiger partial charge in [-0.25, -0.2) is 0 Å². The van der Waals surface area contributed by atoms with E-state index >= 15 is 0 Å². The van der Waals surface area contributed by atoms with Gasteiger partial charge in [0.2, 0.25) is 0 Å². The van der Waals surface area contributed by atoms with Crippen LogP contribution in [0.4, 0.5) is 0 Å². The molecule has 0 aromatic heterocycles. The quantitative estimate of drug-likeness (QED) is 0.776. The Balaban J connectivity index is 1.73. The van der Waals surface area contributed by atoms with Gasteiger partial charge >= 0.3 is 0 Å². The fourth-order valence-corrected chi connectivity index (χ4v) is 2.99. The minimum Gasteiger partial charge on any atom is -0.375 e. The van der Waals surface area contributed by atoms with Gasteiger partial charge in [-0.05, 0) is 51.4 Å². The Morgan fingerprint density at radius 3 is 2.62 bits per heavy atom. The second-order valence-corrected chi connectivity index (χ2v) is 6.43. The number of rotatable bonds is 5. The van der Waals surface area contributed by atoms with E-state index in [0.29, 0.717) is 11.5 Å². The monoisotopic (exact) mass is 225 g/mol. The van der Waals surface area contributed by atoms with Crippen LogP contribution >= 0.6 is 0 Å². The zero-order valence-electron chi connectivity index (χ0n) is 11.1. The molecule has 0 aromatic carbocycles. The molecule has 1 aliphatic carbocycles. The second kappa shape index (κ2) is 4.66. The van der Waals surface area contributed by atoms with E-state index in [2.05, 4.69) is 26.1 Å². The Hall–Kier alpha value is -0.0800. The molecule has 1 unspecified atom stereocenters. The Morgan fingerprint density at radius 1 is 1.31 bits per heavy atom. The van der Waals surface area contributed by atoms with Gasteiger partial charge in [0, 0.05) is 19.2 Å². The third kappa shape index (κ3) is 3.21. The summed E-state index contributed by atoms with van der Waals surface area (Å²) >= 11 is 0. The van der Waals surface area contributed by atoms with Crippen molar-refractivity contribution < 1.29 is 4.74 Å². The van der Waals surface area contributed by atoms with Crippen molar-refractivity contribution in [1.82, 2.24) is 5.32 Å². The van der Waals surface area contributed by atoms with Crippen LogP contribution in [0.3, 0.4) is 0 Å². The SMILES string of the molecule is CCCC1(CNC2CCOC(C)(C)C2)CC1. The molecule has 1 saturated carbocycles. The zero-order chi connectivity index (χ0) is 11.6. The molecule has 2 nitrogen and oxygen atoms in total. The van der Waals surface area contributed by atoms with Crippen LogP contribution < -0.4 is 5.32 Å². The zero-order valence-corrected chi connectivity index (χ0v) is 11.1. The van der Waals surface area contributed by atoms with Crippen LogP contribution in [0.15, 0.2) is 0 Å². The van der Waals surface area contributed by atoms with Crippen molar-refractivity contribution in [2.75, 3.05) is 13.2 Å². The molecule has 2 rings (SSSR count). The van der Waals surface area contributed by atoms with Gasteiger partial charge in [0.1, 0.15) is 0 Å². The van der Waals surface area contributed by atoms with Gasteiger partial charge in [0.25, 0.3) is 0 Å². The molecule has 1 N–H and O–H groups in total. The fourth-order valence-electron chi connectivity index (χ4n) is 2.99. The normalized spacial score (nSPS) is 31.3. The van der Waals surface area contributed by atoms with Crippen molar-refractivity contribution >= 4 is 0 Å². The Bertz CT molecular complexity index is 233. The van der Waals surface area contributed by atoms with Gasteiger partial charge in [-0.3, -0.25) is 0 Å². The lowest BCUT2D eigenvalue weighted by molar-refractivity contribution is -0.0633. The van der Waals surface area contributed by atoms with Crippen LogP contribution in [0, 0.1) is 5.41 Å². The van der Waals surface area contributed by atoms with Crippen LogP contribution in [0.25, 0.3) is 0 Å². The lowest BCUT2D eigenvalue weighted by Crippen LogP contribution is -2.45. The minimum absolute atomic E-state index is 0.0807. The van der Waals surface area contributed by atoms with Gasteiger partial charge in [0.15, 0.2) is 0 Å². The maximum atomic E-state index is 5.75. The van der Waals surface area contributed by atoms with E-state index in [1.165, 1.54) is 38.6 Å². The molecule has 1 saturated heterocycles. The number of hydrogen-bond acceptors (Lipinski definition) is 2. The van der Waals surface area contributed by atoms with Crippen molar-refractivity contribution in [3.63, 3.8) is 0 Å². The van der Waals surface area contributed by atoms with E-state index in [0.717, 1.165) is 13.0 Å². The van der Waals surface area contributed by atoms with Crippen molar-refractivity contribution in [2.45, 2.75) is 70.9 Å². The maximum Gasteiger partial charge on any atom is 0.0641 e. The van der Waals surface area contributed by atoms with Crippen molar-refractivity contribution in [3.05, 3.63) is 0 Å². The smallest absolute Gasteiger partial charge is 0.0641 e. The van der Waals surface area contributed by atoms with Gasteiger partial charge in [-0.15, -0.1) is 0 Å². The molecular formula is C14H27NO. The lowest BCUT2D eigenvalue weighted by atomic mass is 9.92. The molecule has 0 amide bonds. The van der Waals surface area contributed by atoms with Gasteiger partial charge in [-0.2, -0.15) is 0 Å². The van der Waals surface area contributed by atoms with Crippen LogP contribution in [0.1, 0.15) is 59.3 Å². The average Bonchev–Trinajstić information content (AvgIpc) is 2.95. The average molecular weight is 225 g/mol. The molecule has 2 fully saturated rings. The van der Waals surface area contributed by atoms with E-state index in [1.807, 2.05) is 0 Å². The van der Waals surface area contributed by atoms with E-state index < -0.39 is 0 Å². The first kappa shape index (κ1) is 12.4. The number of hydrogen-bond donors (Lipinski definition) is 1. The summed E-state index contributed by atoms with van der Waals surface area (Å²) < 4.78 is 5.75. The summed E-state index contributed by atoms with van der Waals surface area (Å²) in [7, 11) is 0. The topological polar surface area (TPSA) is 21.3 Å². The third-order valence-corrected chi connectivity index (χ3v) is 4.20. The van der Waals surface area contributed by atoms with Crippen LogP contribution in [0.2, 0.25) is 0 Å². The van der Waals surface area contributed by atoms with Crippen LogP contribution in [-0.4, -0.2) is 24.8 Å². The van der Waals surface area contributed by atoms with Gasteiger partial charge in [-0.1, -0.05) is 13.3 Å². The number of nitrogens with one attached hydrogen (secondary N) is 1. The molecule has 1 atom stereocenters. The van der Waals surface area contributed by atoms with Gasteiger partial charge < -0.3 is 10.1 Å². The summed E-state index contributed by atoms with van der Waals surface area (Å²) in [5.74, 6) is 0. The first-order valence-electron chi connectivity index (χ1n) is 6.93. The fraction of sp³-hybridized carbons (Fsp3) is 1.00. The maximum absolute atomic E-state index is 5.75. The Labute approximate surface area is 100 Å². The molecule has 1 aliphatic heterocycles. The molecule has 1 heterocycles. The standard InChI is InChI=1S/C14H27NO/c1-4-6-14(7-8-14)11-15-12-5-9-16-13(2,3)10-12/h12,15H,4-11H2,1-3H3. The summed E-state index contributed by atoms with van der Waals surface area (Å²) in [6.45, 7) is 8.88. The summed E-state index contributed by atoms with van der Waals surface area (Å²) in [5, 5.41) is 3.78. The highest BCUT2D eigenvalue weighted by atomic mass is 16.5. The minimum atomic E-state index is 0.0807. The van der Waals surface area contributed by atoms with Gasteiger partial charge in [0.05, 0.1) is 5.60 Å². The number of ether oxygens (including phenoxy) is 1. The van der Waals surface area contributed by atoms with Crippen LogP contribution in [0.5, 0.6) is 0 Å². The highest BCUT2D eigenvalue weighted by molar-refractivity contribution is 4.96. The van der Waals surface area contributed by atoms with Crippen LogP contribution in [-0.2, 0) is 4.74 Å². The molecular weight excluding hydrogens is 198 g/mol. The Morgan fingerprint density at radius 2 is 2.06 bits per heavy atom. The summed E-state index contributed by atoms with van der Waals surface area (Å²) in [6, 6.07) is 0.679. The molecule has 94 valence electrons. The van der Waals surface area contributed by atoms with E-state index in [4.69, 9.17) is 4.74 Å². The second-order valence-electron chi connectivity index (χ2n) is 6.43. The van der Waals surface area contributed by atoms with Crippen molar-refractivity contribution in [1.29, 1.82) is 0 Å². The Kier molecular flexibility index (Phi) is 3.60. The molecule has 2 aliphatic rings. The predicted molar refractivity (Wildman–Crippen MR) is 67.6 cm³/mol. The first-order chi connectivity index (χ1) is 7.55. The molecule has 0 bridgehead atoms. The van der Waals surface area contributed by atoms with E-state index in [-0.39, 0.29) is 5.60 Å². The first-order valence-corrected chi connectivity index (χ1v) is 6.93. The van der Waals surface area contributed by atoms with E-state index in [1.54, 1.807) is 0 Å². The predicted octanol–water partition coefficient (Wildman–Crippen LogP) is 3.11. The summed E-state index contributed by atoms with van der Waals surface area (Å²) in [5.41, 5.74) is 0.759. The summed E-state index contributed by atoms with van der Waals surface area (Å²) in [4.78, 5) is 0. The largest absolute Gasteiger partial charge is 0.375 e. The lowest BCUT2D eigenvalue weighted by Gasteiger charge is -2.36. The molecule has 0 spiro atoms. The molecule has 0 radical (unpaired) electrons. The highest BCUT2D eigenvalue weighted by Crippen LogP contribution is 2.49. The van der Waals surface area contributed by atoms with Crippen molar-refractivity contribution in [2.24, 2.45) is 5.41 Å². The third-order valence-electron chi connectivity index (χ3n) is 4.20. The molecule has 0 aromatic rings. The van der Waals surface area contributed by atoms with Crippen molar-refractivity contribution in [3.8, 4) is 0 Å². The molecule has 2 heteroatoms.